The highest BCUT2D eigenvalue weighted by molar-refractivity contribution is 5.91. The fourth-order valence-corrected chi connectivity index (χ4v) is 1.57. The lowest BCUT2D eigenvalue weighted by atomic mass is 9.84. The molecule has 1 aromatic heterocycles. The molecule has 0 fully saturated rings. The van der Waals surface area contributed by atoms with E-state index in [1.807, 2.05) is 6.07 Å². The third-order valence-electron chi connectivity index (χ3n) is 2.61. The van der Waals surface area contributed by atoms with Crippen molar-refractivity contribution in [1.82, 2.24) is 9.88 Å². The predicted octanol–water partition coefficient (Wildman–Crippen LogP) is 2.06. The number of amides is 1. The van der Waals surface area contributed by atoms with E-state index in [0.717, 1.165) is 11.1 Å². The summed E-state index contributed by atoms with van der Waals surface area (Å²) in [7, 11) is 3.44. The molecule has 1 rings (SSSR count). The SMILES string of the molecule is CN(C)C(=O)/C=C/c1cnc(N)cc1C(C)(C)C. The van der Waals surface area contributed by atoms with E-state index < -0.39 is 0 Å². The number of carbonyl (C=O) groups is 1. The Labute approximate surface area is 109 Å². The Morgan fingerprint density at radius 3 is 2.50 bits per heavy atom. The van der Waals surface area contributed by atoms with Crippen molar-refractivity contribution >= 4 is 17.8 Å². The van der Waals surface area contributed by atoms with Crippen molar-refractivity contribution in [3.8, 4) is 0 Å². The van der Waals surface area contributed by atoms with Crippen molar-refractivity contribution in [3.63, 3.8) is 0 Å². The molecule has 4 heteroatoms. The molecule has 0 unspecified atom stereocenters. The van der Waals surface area contributed by atoms with Crippen molar-refractivity contribution in [2.45, 2.75) is 26.2 Å². The second-order valence-corrected chi connectivity index (χ2v) is 5.51. The minimum absolute atomic E-state index is 0.0438. The summed E-state index contributed by atoms with van der Waals surface area (Å²) in [5.74, 6) is 0.447. The number of hydrogen-bond donors (Lipinski definition) is 1. The number of carbonyl (C=O) groups excluding carboxylic acids is 1. The monoisotopic (exact) mass is 247 g/mol. The van der Waals surface area contributed by atoms with Crippen molar-refractivity contribution < 1.29 is 4.79 Å². The smallest absolute Gasteiger partial charge is 0.246 e. The van der Waals surface area contributed by atoms with Gasteiger partial charge in [0.05, 0.1) is 0 Å². The zero-order valence-corrected chi connectivity index (χ0v) is 11.7. The summed E-state index contributed by atoms with van der Waals surface area (Å²) in [4.78, 5) is 17.1. The topological polar surface area (TPSA) is 59.2 Å². The number of hydrogen-bond acceptors (Lipinski definition) is 3. The number of anilines is 1. The van der Waals surface area contributed by atoms with Gasteiger partial charge in [0.15, 0.2) is 0 Å². The fraction of sp³-hybridized carbons (Fsp3) is 0.429. The predicted molar refractivity (Wildman–Crippen MR) is 75.1 cm³/mol. The van der Waals surface area contributed by atoms with Crippen LogP contribution in [-0.4, -0.2) is 29.9 Å². The van der Waals surface area contributed by atoms with Gasteiger partial charge in [0.1, 0.15) is 5.82 Å². The van der Waals surface area contributed by atoms with Gasteiger partial charge in [-0.05, 0) is 28.7 Å². The molecule has 2 N–H and O–H groups in total. The number of nitrogens with two attached hydrogens (primary N) is 1. The molecular formula is C14H21N3O. The Balaban J connectivity index is 3.14. The zero-order valence-electron chi connectivity index (χ0n) is 11.7. The van der Waals surface area contributed by atoms with Crippen LogP contribution >= 0.6 is 0 Å². The first-order chi connectivity index (χ1) is 8.21. The highest BCUT2D eigenvalue weighted by Gasteiger charge is 2.17. The molecule has 0 radical (unpaired) electrons. The standard InChI is InChI=1S/C14H21N3O/c1-14(2,3)11-8-12(15)16-9-10(11)6-7-13(18)17(4)5/h6-9H,1-5H3,(H2,15,16)/b7-6+. The molecule has 0 atom stereocenters. The average Bonchev–Trinajstić information content (AvgIpc) is 2.25. The number of likely N-dealkylation sites (N-methyl/N-ethyl adjacent to an activating group) is 1. The maximum absolute atomic E-state index is 11.5. The van der Waals surface area contributed by atoms with Crippen molar-refractivity contribution in [1.29, 1.82) is 0 Å². The molecule has 0 spiro atoms. The summed E-state index contributed by atoms with van der Waals surface area (Å²) >= 11 is 0. The Hall–Kier alpha value is -1.84. The van der Waals surface area contributed by atoms with Crippen LogP contribution in [0.25, 0.3) is 6.08 Å². The highest BCUT2D eigenvalue weighted by atomic mass is 16.2. The molecule has 4 nitrogen and oxygen atoms in total. The van der Waals surface area contributed by atoms with Gasteiger partial charge in [-0.1, -0.05) is 20.8 Å². The summed E-state index contributed by atoms with van der Waals surface area (Å²) in [6.07, 6.45) is 5.03. The van der Waals surface area contributed by atoms with Gasteiger partial charge in [0.2, 0.25) is 5.91 Å². The Morgan fingerprint density at radius 1 is 1.39 bits per heavy atom. The molecule has 0 aliphatic heterocycles. The van der Waals surface area contributed by atoms with Gasteiger partial charge in [-0.2, -0.15) is 0 Å². The van der Waals surface area contributed by atoms with E-state index in [1.165, 1.54) is 4.90 Å². The largest absolute Gasteiger partial charge is 0.384 e. The van der Waals surface area contributed by atoms with Crippen LogP contribution in [0.4, 0.5) is 5.82 Å². The first-order valence-electron chi connectivity index (χ1n) is 5.87. The Morgan fingerprint density at radius 2 is 2.00 bits per heavy atom. The molecule has 0 aliphatic rings. The molecule has 0 saturated carbocycles. The summed E-state index contributed by atoms with van der Waals surface area (Å²) in [6.45, 7) is 6.31. The maximum Gasteiger partial charge on any atom is 0.246 e. The van der Waals surface area contributed by atoms with Crippen LogP contribution in [0, 0.1) is 0 Å². The van der Waals surface area contributed by atoms with E-state index in [9.17, 15) is 4.79 Å². The van der Waals surface area contributed by atoms with Crippen molar-refractivity contribution in [2.75, 3.05) is 19.8 Å². The number of nitrogen functional groups attached to an aromatic ring is 1. The Bertz CT molecular complexity index is 470. The Kier molecular flexibility index (Phi) is 4.11. The second-order valence-electron chi connectivity index (χ2n) is 5.51. The van der Waals surface area contributed by atoms with Crippen LogP contribution in [0.1, 0.15) is 31.9 Å². The van der Waals surface area contributed by atoms with E-state index in [4.69, 9.17) is 5.73 Å². The molecule has 0 aromatic carbocycles. The molecule has 1 heterocycles. The molecule has 1 aromatic rings. The second kappa shape index (κ2) is 5.21. The average molecular weight is 247 g/mol. The fourth-order valence-electron chi connectivity index (χ4n) is 1.57. The number of nitrogens with zero attached hydrogens (tertiary/aromatic N) is 2. The molecule has 98 valence electrons. The van der Waals surface area contributed by atoms with Crippen LogP contribution in [0.15, 0.2) is 18.3 Å². The molecule has 0 saturated heterocycles. The lowest BCUT2D eigenvalue weighted by Crippen LogP contribution is -2.19. The molecule has 0 bridgehead atoms. The van der Waals surface area contributed by atoms with Crippen LogP contribution in [0.5, 0.6) is 0 Å². The highest BCUT2D eigenvalue weighted by Crippen LogP contribution is 2.27. The zero-order chi connectivity index (χ0) is 13.9. The van der Waals surface area contributed by atoms with Gasteiger partial charge in [0, 0.05) is 26.4 Å². The van der Waals surface area contributed by atoms with Crippen LogP contribution < -0.4 is 5.73 Å². The summed E-state index contributed by atoms with van der Waals surface area (Å²) in [5, 5.41) is 0. The number of aromatic nitrogens is 1. The van der Waals surface area contributed by atoms with E-state index in [1.54, 1.807) is 32.4 Å². The van der Waals surface area contributed by atoms with E-state index in [2.05, 4.69) is 25.8 Å². The van der Waals surface area contributed by atoms with Crippen LogP contribution in [0.3, 0.4) is 0 Å². The van der Waals surface area contributed by atoms with Gasteiger partial charge in [-0.15, -0.1) is 0 Å². The molecular weight excluding hydrogens is 226 g/mol. The first kappa shape index (κ1) is 14.2. The minimum Gasteiger partial charge on any atom is -0.384 e. The van der Waals surface area contributed by atoms with Crippen LogP contribution in [0.2, 0.25) is 0 Å². The third kappa shape index (κ3) is 3.58. The maximum atomic E-state index is 11.5. The molecule has 1 amide bonds. The normalized spacial score (nSPS) is 11.8. The van der Waals surface area contributed by atoms with Crippen molar-refractivity contribution in [3.05, 3.63) is 29.5 Å². The van der Waals surface area contributed by atoms with Crippen LogP contribution in [-0.2, 0) is 10.2 Å². The van der Waals surface area contributed by atoms with Gasteiger partial charge < -0.3 is 10.6 Å². The number of rotatable bonds is 2. The summed E-state index contributed by atoms with van der Waals surface area (Å²) < 4.78 is 0. The van der Waals surface area contributed by atoms with E-state index >= 15 is 0 Å². The minimum atomic E-state index is -0.0494. The summed E-state index contributed by atoms with van der Waals surface area (Å²) in [6, 6.07) is 1.86. The molecule has 18 heavy (non-hydrogen) atoms. The van der Waals surface area contributed by atoms with E-state index in [-0.39, 0.29) is 11.3 Å². The lowest BCUT2D eigenvalue weighted by Gasteiger charge is -2.21. The lowest BCUT2D eigenvalue weighted by molar-refractivity contribution is -0.123. The first-order valence-corrected chi connectivity index (χ1v) is 5.87. The summed E-state index contributed by atoms with van der Waals surface area (Å²) in [5.41, 5.74) is 7.68. The molecule has 0 aliphatic carbocycles. The van der Waals surface area contributed by atoms with Gasteiger partial charge in [0.25, 0.3) is 0 Å². The number of pyridine rings is 1. The van der Waals surface area contributed by atoms with Gasteiger partial charge >= 0.3 is 0 Å². The third-order valence-corrected chi connectivity index (χ3v) is 2.61. The van der Waals surface area contributed by atoms with Gasteiger partial charge in [-0.3, -0.25) is 4.79 Å². The quantitative estimate of drug-likeness (QED) is 0.814. The van der Waals surface area contributed by atoms with Crippen molar-refractivity contribution in [2.24, 2.45) is 0 Å². The van der Waals surface area contributed by atoms with Gasteiger partial charge in [-0.25, -0.2) is 4.98 Å². The van der Waals surface area contributed by atoms with E-state index in [0.29, 0.717) is 5.82 Å².